The Morgan fingerprint density at radius 2 is 1.05 bits per heavy atom. The summed E-state index contributed by atoms with van der Waals surface area (Å²) < 4.78 is 28.8. The fourth-order valence-corrected chi connectivity index (χ4v) is 10.4. The van der Waals surface area contributed by atoms with Crippen LogP contribution in [0.15, 0.2) is 73.3 Å². The molecule has 19 heteroatoms. The molecular weight excluding hydrogens is 1030 g/mol. The number of para-hydroxylation sites is 2. The number of alkyl carbamates (subject to hydrolysis) is 1. The van der Waals surface area contributed by atoms with Crippen molar-refractivity contribution in [2.24, 2.45) is 54.3 Å². The predicted molar refractivity (Wildman–Crippen MR) is 300 cm³/mol. The zero-order valence-electron chi connectivity index (χ0n) is 46.6. The smallest absolute Gasteiger partial charge is 0.407 e. The maximum Gasteiger partial charge on any atom is 0.407 e. The summed E-state index contributed by atoms with van der Waals surface area (Å²) in [5.74, 6) is 0.461. The van der Waals surface area contributed by atoms with E-state index in [1.807, 2.05) is 140 Å². The van der Waals surface area contributed by atoms with Crippen LogP contribution in [0, 0.1) is 48.3 Å². The van der Waals surface area contributed by atoms with E-state index >= 15 is 0 Å². The fourth-order valence-electron chi connectivity index (χ4n) is 10.4. The van der Waals surface area contributed by atoms with Gasteiger partial charge in [0.25, 0.3) is 11.6 Å². The second-order valence-electron chi connectivity index (χ2n) is 23.1. The number of ether oxygens (including phenoxy) is 3. The zero-order valence-corrected chi connectivity index (χ0v) is 49.0. The van der Waals surface area contributed by atoms with Crippen LogP contribution in [0.25, 0.3) is 21.8 Å². The van der Waals surface area contributed by atoms with Crippen LogP contribution in [-0.4, -0.2) is 66.6 Å². The highest BCUT2D eigenvalue weighted by Gasteiger charge is 2.38. The number of aryl methyl sites for hydroxylation is 2. The lowest BCUT2D eigenvalue weighted by atomic mass is 9.80. The maximum absolute atomic E-state index is 13.6. The van der Waals surface area contributed by atoms with Gasteiger partial charge in [0.15, 0.2) is 11.6 Å². The summed E-state index contributed by atoms with van der Waals surface area (Å²) >= 11 is 0. The van der Waals surface area contributed by atoms with Crippen molar-refractivity contribution in [1.29, 1.82) is 0 Å². The van der Waals surface area contributed by atoms with Gasteiger partial charge in [-0.05, 0) is 69.4 Å². The van der Waals surface area contributed by atoms with Gasteiger partial charge in [-0.1, -0.05) is 77.9 Å². The first-order chi connectivity index (χ1) is 34.3. The van der Waals surface area contributed by atoms with E-state index in [0.29, 0.717) is 13.1 Å². The number of nitrogens with zero attached hydrogens (tertiary/aromatic N) is 6. The van der Waals surface area contributed by atoms with E-state index in [2.05, 4.69) is 35.7 Å². The molecule has 0 saturated heterocycles. The number of imidazole rings is 2. The van der Waals surface area contributed by atoms with E-state index in [1.54, 1.807) is 20.8 Å². The molecule has 2 aliphatic rings. The van der Waals surface area contributed by atoms with E-state index in [1.165, 1.54) is 0 Å². The first-order valence-electron chi connectivity index (χ1n) is 25.6. The molecular formula is C57H81Cl3N8O8+2. The number of carbonyl (C=O) groups excluding carboxylic acids is 5. The van der Waals surface area contributed by atoms with Crippen molar-refractivity contribution in [3.63, 3.8) is 0 Å². The number of Topliss-reactive ketones (excluding diaryl/α,β-unsaturated/α-hetero) is 2. The standard InChI is InChI=1S/C31H42N4O5.C26H35N4O3.3ClH/c1-20-34(18-21-13-14-25-26(27(21)36)22-11-9-10-12-24(22)33(25)8)15-16-35(20)19-39-28(37)23(30(2,3)4)17-32-29(38)40-31(5,6)7;1-17-29(12-13-30(17)16-33-25(32)20(14-27)26(2,3)4)15-18-10-11-22-23(24(18)31)19-8-6-7-9-21(19)28(22)5;;;/h9-12,15-16,21,23H,13-14,17-19H2,1-8H3;6-9,12-13,18,20H,10-11,14-16,27H2,1-5H3;3*1H/q;+1;;;/p+1. The molecule has 4 atom stereocenters. The molecule has 8 rings (SSSR count). The van der Waals surface area contributed by atoms with Gasteiger partial charge in [0, 0.05) is 85.4 Å². The molecule has 416 valence electrons. The summed E-state index contributed by atoms with van der Waals surface area (Å²) in [5.41, 5.74) is 10.7. The number of halogens is 3. The van der Waals surface area contributed by atoms with Gasteiger partial charge < -0.3 is 34.4 Å². The molecule has 4 heterocycles. The normalized spacial score (nSPS) is 16.2. The van der Waals surface area contributed by atoms with Crippen LogP contribution in [-0.2, 0) is 77.3 Å². The molecule has 16 nitrogen and oxygen atoms in total. The van der Waals surface area contributed by atoms with Gasteiger partial charge in [0.1, 0.15) is 43.5 Å². The summed E-state index contributed by atoms with van der Waals surface area (Å²) in [6, 6.07) is 16.2. The number of amides is 1. The van der Waals surface area contributed by atoms with Crippen LogP contribution in [0.5, 0.6) is 0 Å². The second kappa shape index (κ2) is 25.2. The van der Waals surface area contributed by atoms with Crippen LogP contribution in [0.2, 0.25) is 0 Å². The van der Waals surface area contributed by atoms with E-state index in [-0.39, 0.29) is 104 Å². The number of fused-ring (bicyclic) bond motifs is 6. The Balaban J connectivity index is 0.000000321. The van der Waals surface area contributed by atoms with Gasteiger partial charge in [-0.2, -0.15) is 9.13 Å². The number of nitrogens with one attached hydrogen (secondary N) is 1. The van der Waals surface area contributed by atoms with Crippen LogP contribution >= 0.6 is 37.2 Å². The molecule has 0 saturated carbocycles. The predicted octanol–water partition coefficient (Wildman–Crippen LogP) is 9.12. The van der Waals surface area contributed by atoms with Gasteiger partial charge in [0.2, 0.25) is 13.5 Å². The lowest BCUT2D eigenvalue weighted by Crippen LogP contribution is -2.44. The van der Waals surface area contributed by atoms with E-state index in [0.717, 1.165) is 81.7 Å². The minimum Gasteiger partial charge on any atom is -0.444 e. The third-order valence-corrected chi connectivity index (χ3v) is 14.9. The number of ketones is 2. The van der Waals surface area contributed by atoms with E-state index in [4.69, 9.17) is 19.9 Å². The highest BCUT2D eigenvalue weighted by atomic mass is 35.5. The van der Waals surface area contributed by atoms with Crippen LogP contribution in [0.1, 0.15) is 119 Å². The Hall–Kier alpha value is -5.68. The Kier molecular flexibility index (Phi) is 20.8. The Morgan fingerprint density at radius 1 is 0.658 bits per heavy atom. The Labute approximate surface area is 466 Å². The molecule has 4 aromatic heterocycles. The topological polar surface area (TPSA) is 179 Å². The first kappa shape index (κ1) is 62.9. The number of aromatic nitrogens is 6. The van der Waals surface area contributed by atoms with Gasteiger partial charge in [-0.25, -0.2) is 13.9 Å². The summed E-state index contributed by atoms with van der Waals surface area (Å²) in [4.78, 5) is 64.8. The monoisotopic (exact) mass is 1110 g/mol. The molecule has 0 radical (unpaired) electrons. The number of hydrogen-bond acceptors (Lipinski definition) is 9. The molecule has 2 aromatic carbocycles. The molecule has 0 bridgehead atoms. The largest absolute Gasteiger partial charge is 0.444 e. The molecule has 6 aromatic rings. The summed E-state index contributed by atoms with van der Waals surface area (Å²) in [7, 11) is 4.08. The zero-order chi connectivity index (χ0) is 53.3. The van der Waals surface area contributed by atoms with Gasteiger partial charge in [0.05, 0.1) is 23.7 Å². The first-order valence-corrected chi connectivity index (χ1v) is 25.6. The Morgan fingerprint density at radius 3 is 1.43 bits per heavy atom. The number of esters is 2. The molecule has 0 fully saturated rings. The summed E-state index contributed by atoms with van der Waals surface area (Å²) in [5, 5.41) is 4.77. The van der Waals surface area contributed by atoms with Crippen molar-refractivity contribution in [3.8, 4) is 0 Å². The molecule has 0 aliphatic heterocycles. The quantitative estimate of drug-likeness (QED) is 0.0649. The fraction of sp³-hybridized carbons (Fsp3) is 0.526. The van der Waals surface area contributed by atoms with Crippen molar-refractivity contribution < 1.29 is 47.3 Å². The second-order valence-corrected chi connectivity index (χ2v) is 23.1. The Bertz CT molecular complexity index is 3040. The average molecular weight is 1110 g/mol. The maximum atomic E-state index is 13.6. The minimum atomic E-state index is -0.622. The number of nitrogens with two attached hydrogens (primary N) is 1. The van der Waals surface area contributed by atoms with Gasteiger partial charge in [-0.15, -0.1) is 37.2 Å². The van der Waals surface area contributed by atoms with E-state index in [9.17, 15) is 24.0 Å². The summed E-state index contributed by atoms with van der Waals surface area (Å²) in [6.45, 7) is 22.8. The van der Waals surface area contributed by atoms with Gasteiger partial charge >= 0.3 is 18.0 Å². The van der Waals surface area contributed by atoms with Crippen molar-refractivity contribution in [2.45, 2.75) is 134 Å². The lowest BCUT2D eigenvalue weighted by Gasteiger charge is -2.29. The third-order valence-electron chi connectivity index (χ3n) is 14.9. The number of rotatable bonds is 13. The van der Waals surface area contributed by atoms with Crippen molar-refractivity contribution in [3.05, 3.63) is 107 Å². The molecule has 76 heavy (non-hydrogen) atoms. The van der Waals surface area contributed by atoms with E-state index < -0.39 is 29.0 Å². The number of benzene rings is 2. The average Bonchev–Trinajstić information content (AvgIpc) is 4.03. The highest BCUT2D eigenvalue weighted by Crippen LogP contribution is 2.36. The third kappa shape index (κ3) is 13.7. The molecule has 2 aliphatic carbocycles. The van der Waals surface area contributed by atoms with Crippen molar-refractivity contribution >= 4 is 88.6 Å². The van der Waals surface area contributed by atoms with Crippen LogP contribution in [0.4, 0.5) is 4.79 Å². The number of hydrogen-bond donors (Lipinski definition) is 2. The molecule has 4 unspecified atom stereocenters. The van der Waals surface area contributed by atoms with Crippen molar-refractivity contribution in [2.75, 3.05) is 13.1 Å². The molecule has 1 amide bonds. The highest BCUT2D eigenvalue weighted by molar-refractivity contribution is 6.12. The SMILES string of the molecule is Cc1n(CC2CCc3c(c4ccccc4n3C)C2=O)cc[n+]1COC(=O)C(CN)C(C)(C)C.Cc1n(CC2CCc3c(c4ccccc4n3C)C2=O)cc[n+]1COC(=O)C(CNC(=O)OC(C)(C)C)C(C)(C)C.Cl.Cl.Cl. The van der Waals surface area contributed by atoms with Crippen molar-refractivity contribution in [1.82, 2.24) is 23.6 Å². The van der Waals surface area contributed by atoms with Crippen LogP contribution < -0.4 is 20.2 Å². The lowest BCUT2D eigenvalue weighted by molar-refractivity contribution is -0.733. The molecule has 3 N–H and O–H groups in total. The minimum absolute atomic E-state index is 0. The van der Waals surface area contributed by atoms with Gasteiger partial charge in [-0.3, -0.25) is 19.2 Å². The number of carbonyl (C=O) groups is 5. The summed E-state index contributed by atoms with van der Waals surface area (Å²) in [6.07, 6.45) is 10.5. The molecule has 0 spiro atoms. The van der Waals surface area contributed by atoms with Crippen LogP contribution in [0.3, 0.4) is 0 Å².